The van der Waals surface area contributed by atoms with Crippen molar-refractivity contribution >= 4 is 5.97 Å². The quantitative estimate of drug-likeness (QED) is 0.228. The van der Waals surface area contributed by atoms with Crippen LogP contribution >= 0.6 is 0 Å². The summed E-state index contributed by atoms with van der Waals surface area (Å²) in [4.78, 5) is 13.9. The van der Waals surface area contributed by atoms with Crippen molar-refractivity contribution in [3.05, 3.63) is 18.0 Å². The fourth-order valence-corrected chi connectivity index (χ4v) is 6.26. The van der Waals surface area contributed by atoms with E-state index in [0.717, 1.165) is 32.4 Å². The van der Waals surface area contributed by atoms with Gasteiger partial charge in [0.2, 0.25) is 0 Å². The van der Waals surface area contributed by atoms with Gasteiger partial charge in [-0.1, -0.05) is 20.8 Å². The molecule has 0 bridgehead atoms. The molecule has 0 aliphatic rings. The number of hydrogen-bond donors (Lipinski definition) is 1. The van der Waals surface area contributed by atoms with Crippen molar-refractivity contribution in [2.75, 3.05) is 20.2 Å². The van der Waals surface area contributed by atoms with Gasteiger partial charge in [-0.05, 0) is 114 Å². The van der Waals surface area contributed by atoms with Crippen molar-refractivity contribution in [3.63, 3.8) is 0 Å². The van der Waals surface area contributed by atoms with Crippen molar-refractivity contribution in [2.24, 2.45) is 10.8 Å². The molecular formula is C31H59N3O4. The van der Waals surface area contributed by atoms with Crippen LogP contribution < -0.4 is 0 Å². The number of hydrogen-bond acceptors (Lipinski definition) is 5. The first-order chi connectivity index (χ1) is 16.9. The number of aromatic nitrogens is 2. The average Bonchev–Trinajstić information content (AvgIpc) is 3.13. The van der Waals surface area contributed by atoms with Gasteiger partial charge in [-0.25, -0.2) is 0 Å². The lowest BCUT2D eigenvalue weighted by Gasteiger charge is -2.41. The number of carboxylic acids is 1. The minimum absolute atomic E-state index is 0.0374. The molecular weight excluding hydrogens is 478 g/mol. The van der Waals surface area contributed by atoms with E-state index in [1.807, 2.05) is 20.0 Å². The van der Waals surface area contributed by atoms with E-state index in [4.69, 9.17) is 14.6 Å². The zero-order valence-corrected chi connectivity index (χ0v) is 27.1. The fraction of sp³-hybridized carbons (Fsp3) is 0.871. The maximum Gasteiger partial charge on any atom is 0.309 e. The van der Waals surface area contributed by atoms with Crippen molar-refractivity contribution in [3.8, 4) is 0 Å². The van der Waals surface area contributed by atoms with Gasteiger partial charge in [-0.3, -0.25) is 9.48 Å². The van der Waals surface area contributed by atoms with Crippen LogP contribution in [0.3, 0.4) is 0 Å². The van der Waals surface area contributed by atoms with Crippen molar-refractivity contribution in [1.29, 1.82) is 0 Å². The Labute approximate surface area is 233 Å². The molecule has 0 radical (unpaired) electrons. The number of ether oxygens (including phenoxy) is 2. The van der Waals surface area contributed by atoms with Gasteiger partial charge in [0.25, 0.3) is 0 Å². The molecule has 0 amide bonds. The molecule has 0 fully saturated rings. The van der Waals surface area contributed by atoms with E-state index < -0.39 is 22.6 Å². The third kappa shape index (κ3) is 11.7. The molecule has 38 heavy (non-hydrogen) atoms. The Bertz CT molecular complexity index is 897. The first kappa shape index (κ1) is 34.6. The Balaban J connectivity index is 2.71. The summed E-state index contributed by atoms with van der Waals surface area (Å²) in [6.07, 6.45) is 7.21. The smallest absolute Gasteiger partial charge is 0.309 e. The van der Waals surface area contributed by atoms with Gasteiger partial charge in [-0.15, -0.1) is 0 Å². The first-order valence-corrected chi connectivity index (χ1v) is 14.2. The third-order valence-electron chi connectivity index (χ3n) is 7.26. The standard InChI is InChI=1S/C31H59N3O4/c1-15-33(14)19-24-18-32-34(20-24)28(6,7)21-26(2,3)22-30(10,11)37-17-16-29(8,9)38-31(12,13)23-27(4,5)25(35)36/h18,20H,15-17,19,21-23H2,1-14H3,(H,35,36). The van der Waals surface area contributed by atoms with Gasteiger partial charge in [0.1, 0.15) is 0 Å². The summed E-state index contributed by atoms with van der Waals surface area (Å²) in [5, 5.41) is 14.2. The SMILES string of the molecule is CCN(C)Cc1cnn(C(C)(C)CC(C)(C)CC(C)(C)OCCC(C)(C)OC(C)(C)CC(C)(C)C(=O)O)c1. The Morgan fingerprint density at radius 1 is 0.921 bits per heavy atom. The zero-order valence-electron chi connectivity index (χ0n) is 27.1. The lowest BCUT2D eigenvalue weighted by molar-refractivity contribution is -0.168. The lowest BCUT2D eigenvalue weighted by Crippen LogP contribution is -2.43. The topological polar surface area (TPSA) is 76.8 Å². The number of aliphatic carboxylic acids is 1. The molecule has 7 heteroatoms. The van der Waals surface area contributed by atoms with Gasteiger partial charge in [0.05, 0.1) is 40.6 Å². The fourth-order valence-electron chi connectivity index (χ4n) is 6.26. The average molecular weight is 538 g/mol. The van der Waals surface area contributed by atoms with Gasteiger partial charge in [0, 0.05) is 18.3 Å². The Kier molecular flexibility index (Phi) is 11.3. The highest BCUT2D eigenvalue weighted by molar-refractivity contribution is 5.73. The van der Waals surface area contributed by atoms with E-state index in [-0.39, 0.29) is 16.6 Å². The second-order valence-electron chi connectivity index (χ2n) is 15.3. The largest absolute Gasteiger partial charge is 0.481 e. The van der Waals surface area contributed by atoms with Crippen LogP contribution in [0.2, 0.25) is 0 Å². The summed E-state index contributed by atoms with van der Waals surface area (Å²) in [7, 11) is 2.13. The van der Waals surface area contributed by atoms with Crippen LogP contribution in [0.4, 0.5) is 0 Å². The summed E-state index contributed by atoms with van der Waals surface area (Å²) >= 11 is 0. The molecule has 0 spiro atoms. The van der Waals surface area contributed by atoms with Gasteiger partial charge in [0.15, 0.2) is 0 Å². The molecule has 0 aliphatic heterocycles. The zero-order chi connectivity index (χ0) is 29.8. The molecule has 0 saturated heterocycles. The van der Waals surface area contributed by atoms with Crippen LogP contribution in [0.15, 0.2) is 12.4 Å². The van der Waals surface area contributed by atoms with Crippen LogP contribution in [-0.4, -0.2) is 62.8 Å². The Morgan fingerprint density at radius 3 is 2.03 bits per heavy atom. The van der Waals surface area contributed by atoms with Crippen LogP contribution in [0.1, 0.15) is 121 Å². The van der Waals surface area contributed by atoms with Gasteiger partial charge in [-0.2, -0.15) is 5.10 Å². The molecule has 1 N–H and O–H groups in total. The summed E-state index contributed by atoms with van der Waals surface area (Å²) in [6.45, 7) is 29.7. The molecule has 1 aromatic heterocycles. The van der Waals surface area contributed by atoms with Crippen LogP contribution in [-0.2, 0) is 26.4 Å². The molecule has 1 heterocycles. The molecule has 0 atom stereocenters. The molecule has 0 saturated carbocycles. The second-order valence-corrected chi connectivity index (χ2v) is 15.3. The summed E-state index contributed by atoms with van der Waals surface area (Å²) in [5.74, 6) is -0.806. The molecule has 1 aromatic rings. The maximum absolute atomic E-state index is 11.6. The van der Waals surface area contributed by atoms with E-state index in [0.29, 0.717) is 13.0 Å². The first-order valence-electron chi connectivity index (χ1n) is 14.2. The van der Waals surface area contributed by atoms with Crippen LogP contribution in [0, 0.1) is 10.8 Å². The van der Waals surface area contributed by atoms with E-state index in [9.17, 15) is 9.90 Å². The predicted octanol–water partition coefficient (Wildman–Crippen LogP) is 7.14. The number of rotatable bonds is 17. The predicted molar refractivity (Wildman–Crippen MR) is 156 cm³/mol. The second kappa shape index (κ2) is 12.4. The van der Waals surface area contributed by atoms with Crippen molar-refractivity contribution < 1.29 is 19.4 Å². The van der Waals surface area contributed by atoms with Gasteiger partial charge >= 0.3 is 5.97 Å². The van der Waals surface area contributed by atoms with Gasteiger partial charge < -0.3 is 19.5 Å². The highest BCUT2D eigenvalue weighted by atomic mass is 16.5. The normalized spacial score (nSPS) is 14.4. The summed E-state index contributed by atoms with van der Waals surface area (Å²) in [5.41, 5.74) is -0.981. The molecule has 0 aliphatic carbocycles. The maximum atomic E-state index is 11.6. The highest BCUT2D eigenvalue weighted by Crippen LogP contribution is 2.40. The minimum Gasteiger partial charge on any atom is -0.481 e. The molecule has 1 rings (SSSR count). The Hall–Kier alpha value is -1.44. The monoisotopic (exact) mass is 537 g/mol. The van der Waals surface area contributed by atoms with E-state index in [2.05, 4.69) is 85.1 Å². The molecule has 0 aromatic carbocycles. The molecule has 7 nitrogen and oxygen atoms in total. The third-order valence-corrected chi connectivity index (χ3v) is 7.26. The van der Waals surface area contributed by atoms with E-state index in [1.165, 1.54) is 5.56 Å². The van der Waals surface area contributed by atoms with Crippen LogP contribution in [0.5, 0.6) is 0 Å². The number of carboxylic acid groups (broad SMARTS) is 1. The minimum atomic E-state index is -0.846. The number of nitrogens with zero attached hydrogens (tertiary/aromatic N) is 3. The van der Waals surface area contributed by atoms with Crippen molar-refractivity contribution in [2.45, 2.75) is 145 Å². The molecule has 0 unspecified atom stereocenters. The summed E-state index contributed by atoms with van der Waals surface area (Å²) < 4.78 is 15.0. The van der Waals surface area contributed by atoms with Crippen LogP contribution in [0.25, 0.3) is 0 Å². The summed E-state index contributed by atoms with van der Waals surface area (Å²) in [6, 6.07) is 0. The van der Waals surface area contributed by atoms with E-state index in [1.54, 1.807) is 13.8 Å². The molecule has 222 valence electrons. The van der Waals surface area contributed by atoms with Crippen molar-refractivity contribution in [1.82, 2.24) is 14.7 Å². The Morgan fingerprint density at radius 2 is 1.50 bits per heavy atom. The lowest BCUT2D eigenvalue weighted by atomic mass is 9.73. The number of carbonyl (C=O) groups is 1. The highest BCUT2D eigenvalue weighted by Gasteiger charge is 2.39. The van der Waals surface area contributed by atoms with E-state index >= 15 is 0 Å².